The first kappa shape index (κ1) is 11.9. The van der Waals surface area contributed by atoms with Gasteiger partial charge >= 0.3 is 0 Å². The first-order chi connectivity index (χ1) is 6.93. The molecule has 1 saturated carbocycles. The molecule has 15 heavy (non-hydrogen) atoms. The molecule has 0 aromatic carbocycles. The summed E-state index contributed by atoms with van der Waals surface area (Å²) >= 11 is 0. The predicted octanol–water partition coefficient (Wildman–Crippen LogP) is -1.78. The number of aliphatic hydroxyl groups is 1. The Morgan fingerprint density at radius 3 is 2.47 bits per heavy atom. The Hall–Kier alpha value is -1.14. The first-order valence-electron chi connectivity index (χ1n) is 4.96. The molecule has 1 fully saturated rings. The maximum absolute atomic E-state index is 11.3. The van der Waals surface area contributed by atoms with E-state index in [4.69, 9.17) is 16.6 Å². The standard InChI is InChI=1S/C9H17N3O3/c10-8(15)6(13)5-12-7(14)4-9(11)2-1-3-9/h6,13H,1-5,11H2,(H2,10,15)(H,12,14). The minimum Gasteiger partial charge on any atom is -0.381 e. The summed E-state index contributed by atoms with van der Waals surface area (Å²) < 4.78 is 0. The zero-order valence-corrected chi connectivity index (χ0v) is 8.53. The molecule has 1 aliphatic rings. The van der Waals surface area contributed by atoms with Crippen LogP contribution in [0.2, 0.25) is 0 Å². The summed E-state index contributed by atoms with van der Waals surface area (Å²) in [5.41, 5.74) is 10.3. The molecule has 0 bridgehead atoms. The number of carbonyl (C=O) groups excluding carboxylic acids is 2. The minimum atomic E-state index is -1.33. The number of hydrogen-bond acceptors (Lipinski definition) is 4. The van der Waals surface area contributed by atoms with Crippen LogP contribution >= 0.6 is 0 Å². The van der Waals surface area contributed by atoms with Gasteiger partial charge in [0.05, 0.1) is 6.54 Å². The zero-order valence-electron chi connectivity index (χ0n) is 8.53. The fourth-order valence-electron chi connectivity index (χ4n) is 1.50. The summed E-state index contributed by atoms with van der Waals surface area (Å²) in [5.74, 6) is -1.10. The highest BCUT2D eigenvalue weighted by molar-refractivity contribution is 5.81. The lowest BCUT2D eigenvalue weighted by molar-refractivity contribution is -0.127. The fraction of sp³-hybridized carbons (Fsp3) is 0.778. The Bertz CT molecular complexity index is 263. The SMILES string of the molecule is NC(=O)C(O)CNC(=O)CC1(N)CCC1. The van der Waals surface area contributed by atoms with E-state index in [2.05, 4.69) is 5.32 Å². The second-order valence-electron chi connectivity index (χ2n) is 4.11. The van der Waals surface area contributed by atoms with Crippen LogP contribution in [0.4, 0.5) is 0 Å². The molecule has 2 amide bonds. The van der Waals surface area contributed by atoms with Crippen molar-refractivity contribution in [2.75, 3.05) is 6.54 Å². The van der Waals surface area contributed by atoms with Crippen LogP contribution in [0.5, 0.6) is 0 Å². The Kier molecular flexibility index (Phi) is 3.65. The van der Waals surface area contributed by atoms with Crippen LogP contribution < -0.4 is 16.8 Å². The fourth-order valence-corrected chi connectivity index (χ4v) is 1.50. The van der Waals surface area contributed by atoms with Crippen LogP contribution in [0.15, 0.2) is 0 Å². The molecule has 0 radical (unpaired) electrons. The van der Waals surface area contributed by atoms with E-state index in [1.165, 1.54) is 0 Å². The van der Waals surface area contributed by atoms with Gasteiger partial charge in [0, 0.05) is 12.0 Å². The van der Waals surface area contributed by atoms with Crippen LogP contribution in [-0.2, 0) is 9.59 Å². The van der Waals surface area contributed by atoms with Crippen molar-refractivity contribution in [3.05, 3.63) is 0 Å². The highest BCUT2D eigenvalue weighted by atomic mass is 16.3. The average molecular weight is 215 g/mol. The summed E-state index contributed by atoms with van der Waals surface area (Å²) in [7, 11) is 0. The van der Waals surface area contributed by atoms with E-state index in [0.29, 0.717) is 0 Å². The van der Waals surface area contributed by atoms with Gasteiger partial charge in [-0.1, -0.05) is 0 Å². The molecule has 1 unspecified atom stereocenters. The summed E-state index contributed by atoms with van der Waals surface area (Å²) in [4.78, 5) is 21.8. The van der Waals surface area contributed by atoms with Gasteiger partial charge in [-0.25, -0.2) is 0 Å². The number of nitrogens with one attached hydrogen (secondary N) is 1. The van der Waals surface area contributed by atoms with Crippen LogP contribution in [0.25, 0.3) is 0 Å². The first-order valence-corrected chi connectivity index (χ1v) is 4.96. The normalized spacial score (nSPS) is 20.1. The Labute approximate surface area is 88.0 Å². The third kappa shape index (κ3) is 3.49. The van der Waals surface area contributed by atoms with Gasteiger partial charge in [0.15, 0.2) is 0 Å². The van der Waals surface area contributed by atoms with E-state index in [9.17, 15) is 9.59 Å². The van der Waals surface area contributed by atoms with Gasteiger partial charge in [-0.15, -0.1) is 0 Å². The molecule has 86 valence electrons. The summed E-state index contributed by atoms with van der Waals surface area (Å²) in [6, 6.07) is 0. The number of carbonyl (C=O) groups is 2. The average Bonchev–Trinajstić information content (AvgIpc) is 2.11. The summed E-state index contributed by atoms with van der Waals surface area (Å²) in [6.07, 6.45) is 1.65. The number of aliphatic hydroxyl groups excluding tert-OH is 1. The highest BCUT2D eigenvalue weighted by Crippen LogP contribution is 2.31. The number of nitrogens with two attached hydrogens (primary N) is 2. The molecule has 0 heterocycles. The lowest BCUT2D eigenvalue weighted by Gasteiger charge is -2.37. The number of primary amides is 1. The number of hydrogen-bond donors (Lipinski definition) is 4. The van der Waals surface area contributed by atoms with E-state index >= 15 is 0 Å². The van der Waals surface area contributed by atoms with Crippen molar-refractivity contribution in [1.82, 2.24) is 5.32 Å². The molecule has 0 aromatic rings. The maximum atomic E-state index is 11.3. The van der Waals surface area contributed by atoms with E-state index in [0.717, 1.165) is 19.3 Å². The van der Waals surface area contributed by atoms with Gasteiger partial charge in [-0.2, -0.15) is 0 Å². The van der Waals surface area contributed by atoms with Crippen LogP contribution in [-0.4, -0.2) is 35.1 Å². The molecule has 6 nitrogen and oxygen atoms in total. The van der Waals surface area contributed by atoms with Crippen LogP contribution in [0, 0.1) is 0 Å². The molecule has 6 heteroatoms. The summed E-state index contributed by atoms with van der Waals surface area (Å²) in [6.45, 7) is -0.149. The van der Waals surface area contributed by atoms with Gasteiger partial charge in [0.2, 0.25) is 11.8 Å². The van der Waals surface area contributed by atoms with Crippen LogP contribution in [0.3, 0.4) is 0 Å². The Balaban J connectivity index is 2.21. The zero-order chi connectivity index (χ0) is 11.5. The number of amides is 2. The van der Waals surface area contributed by atoms with Gasteiger partial charge < -0.3 is 21.9 Å². The van der Waals surface area contributed by atoms with E-state index in [1.54, 1.807) is 0 Å². The van der Waals surface area contributed by atoms with Gasteiger partial charge in [0.25, 0.3) is 0 Å². The quantitative estimate of drug-likeness (QED) is 0.433. The molecular weight excluding hydrogens is 198 g/mol. The highest BCUT2D eigenvalue weighted by Gasteiger charge is 2.34. The molecule has 1 atom stereocenters. The minimum absolute atomic E-state index is 0.149. The predicted molar refractivity (Wildman–Crippen MR) is 53.6 cm³/mol. The third-order valence-electron chi connectivity index (χ3n) is 2.68. The second-order valence-corrected chi connectivity index (χ2v) is 4.11. The molecule has 6 N–H and O–H groups in total. The molecular formula is C9H17N3O3. The van der Waals surface area contributed by atoms with Gasteiger partial charge in [-0.3, -0.25) is 9.59 Å². The lowest BCUT2D eigenvalue weighted by atomic mass is 9.75. The van der Waals surface area contributed by atoms with Crippen LogP contribution in [0.1, 0.15) is 25.7 Å². The largest absolute Gasteiger partial charge is 0.381 e. The molecule has 0 saturated heterocycles. The van der Waals surface area contributed by atoms with Crippen molar-refractivity contribution in [3.63, 3.8) is 0 Å². The summed E-state index contributed by atoms with van der Waals surface area (Å²) in [5, 5.41) is 11.4. The third-order valence-corrected chi connectivity index (χ3v) is 2.68. The van der Waals surface area contributed by atoms with Gasteiger partial charge in [0.1, 0.15) is 6.10 Å². The van der Waals surface area contributed by atoms with Crippen molar-refractivity contribution >= 4 is 11.8 Å². The molecule has 0 aromatic heterocycles. The Morgan fingerprint density at radius 1 is 1.47 bits per heavy atom. The smallest absolute Gasteiger partial charge is 0.248 e. The van der Waals surface area contributed by atoms with Crippen molar-refractivity contribution in [3.8, 4) is 0 Å². The molecule has 1 rings (SSSR count). The van der Waals surface area contributed by atoms with E-state index in [-0.39, 0.29) is 24.4 Å². The lowest BCUT2D eigenvalue weighted by Crippen LogP contribution is -2.51. The molecule has 1 aliphatic carbocycles. The van der Waals surface area contributed by atoms with Crippen molar-refractivity contribution in [2.45, 2.75) is 37.3 Å². The van der Waals surface area contributed by atoms with Crippen molar-refractivity contribution in [1.29, 1.82) is 0 Å². The van der Waals surface area contributed by atoms with Crippen molar-refractivity contribution in [2.24, 2.45) is 11.5 Å². The monoisotopic (exact) mass is 215 g/mol. The van der Waals surface area contributed by atoms with Gasteiger partial charge in [-0.05, 0) is 19.3 Å². The van der Waals surface area contributed by atoms with Crippen molar-refractivity contribution < 1.29 is 14.7 Å². The van der Waals surface area contributed by atoms with E-state index in [1.807, 2.05) is 0 Å². The molecule has 0 spiro atoms. The second kappa shape index (κ2) is 4.59. The topological polar surface area (TPSA) is 118 Å². The number of rotatable bonds is 5. The maximum Gasteiger partial charge on any atom is 0.248 e. The van der Waals surface area contributed by atoms with E-state index < -0.39 is 12.0 Å². The molecule has 0 aliphatic heterocycles. The Morgan fingerprint density at radius 2 is 2.07 bits per heavy atom.